The molecule has 0 bridgehead atoms. The van der Waals surface area contributed by atoms with Crippen molar-refractivity contribution in [3.8, 4) is 5.75 Å². The van der Waals surface area contributed by atoms with Gasteiger partial charge < -0.3 is 10.1 Å². The quantitative estimate of drug-likeness (QED) is 0.891. The van der Waals surface area contributed by atoms with E-state index in [4.69, 9.17) is 4.74 Å². The van der Waals surface area contributed by atoms with E-state index >= 15 is 0 Å². The Morgan fingerprint density at radius 1 is 1.00 bits per heavy atom. The summed E-state index contributed by atoms with van der Waals surface area (Å²) < 4.78 is 6.23. The number of benzene rings is 1. The van der Waals surface area contributed by atoms with Gasteiger partial charge in [0.05, 0.1) is 6.10 Å². The second kappa shape index (κ2) is 6.42. The molecule has 106 valence electrons. The SMILES string of the molecule is CNCC1CCC(Oc2cc(C)c(C)cc2C)CC1. The first-order valence-electron chi connectivity index (χ1n) is 7.49. The van der Waals surface area contributed by atoms with Crippen LogP contribution in [0, 0.1) is 26.7 Å². The van der Waals surface area contributed by atoms with Gasteiger partial charge in [-0.05, 0) is 88.7 Å². The minimum atomic E-state index is 0.411. The second-order valence-corrected chi connectivity index (χ2v) is 6.02. The summed E-state index contributed by atoms with van der Waals surface area (Å²) in [6.07, 6.45) is 5.37. The highest BCUT2D eigenvalue weighted by Crippen LogP contribution is 2.30. The highest BCUT2D eigenvalue weighted by atomic mass is 16.5. The van der Waals surface area contributed by atoms with E-state index < -0.39 is 0 Å². The molecule has 1 aromatic carbocycles. The van der Waals surface area contributed by atoms with E-state index in [0.717, 1.165) is 18.2 Å². The molecule has 0 saturated heterocycles. The average Bonchev–Trinajstić information content (AvgIpc) is 2.38. The van der Waals surface area contributed by atoms with Crippen molar-refractivity contribution >= 4 is 0 Å². The van der Waals surface area contributed by atoms with Gasteiger partial charge in [0.2, 0.25) is 0 Å². The minimum absolute atomic E-state index is 0.411. The predicted octanol–water partition coefficient (Wildman–Crippen LogP) is 3.77. The number of ether oxygens (including phenoxy) is 1. The fourth-order valence-corrected chi connectivity index (χ4v) is 2.98. The van der Waals surface area contributed by atoms with Crippen molar-refractivity contribution in [1.29, 1.82) is 0 Å². The first kappa shape index (κ1) is 14.4. The van der Waals surface area contributed by atoms with Gasteiger partial charge >= 0.3 is 0 Å². The van der Waals surface area contributed by atoms with E-state index in [0.29, 0.717) is 6.10 Å². The smallest absolute Gasteiger partial charge is 0.122 e. The van der Waals surface area contributed by atoms with Crippen molar-refractivity contribution in [3.05, 3.63) is 28.8 Å². The zero-order chi connectivity index (χ0) is 13.8. The maximum Gasteiger partial charge on any atom is 0.122 e. The van der Waals surface area contributed by atoms with Crippen LogP contribution in [0.1, 0.15) is 42.4 Å². The molecule has 1 aliphatic rings. The van der Waals surface area contributed by atoms with E-state index in [1.54, 1.807) is 0 Å². The number of rotatable bonds is 4. The van der Waals surface area contributed by atoms with Crippen LogP contribution in [0.4, 0.5) is 0 Å². The van der Waals surface area contributed by atoms with Crippen LogP contribution in [-0.2, 0) is 0 Å². The molecule has 0 spiro atoms. The lowest BCUT2D eigenvalue weighted by Crippen LogP contribution is -2.29. The summed E-state index contributed by atoms with van der Waals surface area (Å²) in [4.78, 5) is 0. The zero-order valence-corrected chi connectivity index (χ0v) is 12.8. The van der Waals surface area contributed by atoms with Crippen molar-refractivity contribution in [3.63, 3.8) is 0 Å². The molecule has 2 nitrogen and oxygen atoms in total. The molecular formula is C17H27NO. The first-order chi connectivity index (χ1) is 9.10. The minimum Gasteiger partial charge on any atom is -0.490 e. The molecule has 0 aliphatic heterocycles. The first-order valence-corrected chi connectivity index (χ1v) is 7.49. The van der Waals surface area contributed by atoms with Gasteiger partial charge in [-0.2, -0.15) is 0 Å². The molecule has 1 fully saturated rings. The van der Waals surface area contributed by atoms with Gasteiger partial charge in [0, 0.05) is 0 Å². The highest BCUT2D eigenvalue weighted by Gasteiger charge is 2.22. The maximum atomic E-state index is 6.23. The van der Waals surface area contributed by atoms with Crippen LogP contribution in [0.3, 0.4) is 0 Å². The largest absolute Gasteiger partial charge is 0.490 e. The summed E-state index contributed by atoms with van der Waals surface area (Å²) in [7, 11) is 2.04. The summed E-state index contributed by atoms with van der Waals surface area (Å²) in [5.41, 5.74) is 3.94. The summed E-state index contributed by atoms with van der Waals surface area (Å²) in [6, 6.07) is 4.43. The number of hydrogen-bond donors (Lipinski definition) is 1. The molecule has 2 heteroatoms. The van der Waals surface area contributed by atoms with E-state index in [-0.39, 0.29) is 0 Å². The van der Waals surface area contributed by atoms with Crippen LogP contribution in [0.5, 0.6) is 5.75 Å². The van der Waals surface area contributed by atoms with Crippen LogP contribution in [0.2, 0.25) is 0 Å². The molecule has 0 heterocycles. The van der Waals surface area contributed by atoms with E-state index in [2.05, 4.69) is 38.2 Å². The number of hydrogen-bond acceptors (Lipinski definition) is 2. The van der Waals surface area contributed by atoms with E-state index in [1.165, 1.54) is 42.4 Å². The summed E-state index contributed by atoms with van der Waals surface area (Å²) in [5.74, 6) is 1.92. The third-order valence-electron chi connectivity index (χ3n) is 4.37. The molecule has 0 atom stereocenters. The highest BCUT2D eigenvalue weighted by molar-refractivity contribution is 5.41. The molecule has 1 saturated carbocycles. The molecule has 2 rings (SSSR count). The van der Waals surface area contributed by atoms with Crippen molar-refractivity contribution in [1.82, 2.24) is 5.32 Å². The molecule has 1 aromatic rings. The van der Waals surface area contributed by atoms with Crippen molar-refractivity contribution < 1.29 is 4.74 Å². The Kier molecular flexibility index (Phi) is 4.87. The molecule has 1 N–H and O–H groups in total. The van der Waals surface area contributed by atoms with Crippen LogP contribution in [-0.4, -0.2) is 19.7 Å². The summed E-state index contributed by atoms with van der Waals surface area (Å²) >= 11 is 0. The predicted molar refractivity (Wildman–Crippen MR) is 81.0 cm³/mol. The van der Waals surface area contributed by atoms with Gasteiger partial charge in [0.15, 0.2) is 0 Å². The van der Waals surface area contributed by atoms with Gasteiger partial charge in [-0.3, -0.25) is 0 Å². The monoisotopic (exact) mass is 261 g/mol. The lowest BCUT2D eigenvalue weighted by atomic mass is 9.87. The van der Waals surface area contributed by atoms with Gasteiger partial charge in [-0.15, -0.1) is 0 Å². The van der Waals surface area contributed by atoms with Crippen LogP contribution >= 0.6 is 0 Å². The molecule has 0 amide bonds. The topological polar surface area (TPSA) is 21.3 Å². The Labute approximate surface area is 117 Å². The Morgan fingerprint density at radius 3 is 2.26 bits per heavy atom. The van der Waals surface area contributed by atoms with Gasteiger partial charge in [0.1, 0.15) is 5.75 Å². The summed E-state index contributed by atoms with van der Waals surface area (Å²) in [5, 5.41) is 3.28. The molecule has 19 heavy (non-hydrogen) atoms. The Morgan fingerprint density at radius 2 is 1.63 bits per heavy atom. The molecule has 0 aromatic heterocycles. The van der Waals surface area contributed by atoms with Gasteiger partial charge in [-0.1, -0.05) is 6.07 Å². The molecular weight excluding hydrogens is 234 g/mol. The van der Waals surface area contributed by atoms with E-state index in [1.807, 2.05) is 7.05 Å². The second-order valence-electron chi connectivity index (χ2n) is 6.02. The third-order valence-corrected chi connectivity index (χ3v) is 4.37. The molecule has 1 aliphatic carbocycles. The van der Waals surface area contributed by atoms with Gasteiger partial charge in [0.25, 0.3) is 0 Å². The maximum absolute atomic E-state index is 6.23. The third kappa shape index (κ3) is 3.73. The number of aryl methyl sites for hydroxylation is 3. The van der Waals surface area contributed by atoms with E-state index in [9.17, 15) is 0 Å². The molecule has 0 radical (unpaired) electrons. The molecule has 0 unspecified atom stereocenters. The standard InChI is InChI=1S/C17H27NO/c1-12-9-14(3)17(10-13(12)2)19-16-7-5-15(6-8-16)11-18-4/h9-10,15-16,18H,5-8,11H2,1-4H3. The van der Waals surface area contributed by atoms with Crippen LogP contribution in [0.25, 0.3) is 0 Å². The number of nitrogens with one attached hydrogen (secondary N) is 1. The average molecular weight is 261 g/mol. The zero-order valence-electron chi connectivity index (χ0n) is 12.8. The lowest BCUT2D eigenvalue weighted by molar-refractivity contribution is 0.130. The van der Waals surface area contributed by atoms with Crippen molar-refractivity contribution in [2.45, 2.75) is 52.6 Å². The normalized spacial score (nSPS) is 23.4. The fraction of sp³-hybridized carbons (Fsp3) is 0.647. The van der Waals surface area contributed by atoms with Crippen molar-refractivity contribution in [2.75, 3.05) is 13.6 Å². The Bertz CT molecular complexity index is 420. The Hall–Kier alpha value is -1.02. The van der Waals surface area contributed by atoms with Gasteiger partial charge in [-0.25, -0.2) is 0 Å². The fourth-order valence-electron chi connectivity index (χ4n) is 2.98. The van der Waals surface area contributed by atoms with Crippen LogP contribution < -0.4 is 10.1 Å². The summed E-state index contributed by atoms with van der Waals surface area (Å²) in [6.45, 7) is 7.62. The van der Waals surface area contributed by atoms with Crippen LogP contribution in [0.15, 0.2) is 12.1 Å². The Balaban J connectivity index is 1.94. The van der Waals surface area contributed by atoms with Crippen molar-refractivity contribution in [2.24, 2.45) is 5.92 Å². The lowest BCUT2D eigenvalue weighted by Gasteiger charge is -2.29.